The van der Waals surface area contributed by atoms with Crippen LogP contribution < -0.4 is 5.32 Å². The predicted octanol–water partition coefficient (Wildman–Crippen LogP) is 3.37. The Kier molecular flexibility index (Phi) is 7.23. The quantitative estimate of drug-likeness (QED) is 0.870. The predicted molar refractivity (Wildman–Crippen MR) is 107 cm³/mol. The first-order valence-electron chi connectivity index (χ1n) is 9.16. The maximum atomic E-state index is 12.9. The van der Waals surface area contributed by atoms with Crippen molar-refractivity contribution in [3.63, 3.8) is 0 Å². The van der Waals surface area contributed by atoms with Crippen LogP contribution >= 0.6 is 12.4 Å². The van der Waals surface area contributed by atoms with Gasteiger partial charge in [0, 0.05) is 13.1 Å². The van der Waals surface area contributed by atoms with Gasteiger partial charge in [0.05, 0.1) is 23.1 Å². The number of aromatic nitrogens is 2. The first-order chi connectivity index (χ1) is 12.1. The monoisotopic (exact) mass is 376 g/mol. The van der Waals surface area contributed by atoms with Gasteiger partial charge < -0.3 is 10.2 Å². The second kappa shape index (κ2) is 9.19. The van der Waals surface area contributed by atoms with Gasteiger partial charge in [0.25, 0.3) is 5.91 Å². The Labute approximate surface area is 162 Å². The fourth-order valence-electron chi connectivity index (χ4n) is 3.61. The highest BCUT2D eigenvalue weighted by Crippen LogP contribution is 2.23. The Morgan fingerprint density at radius 3 is 2.58 bits per heavy atom. The molecule has 1 aliphatic rings. The maximum Gasteiger partial charge on any atom is 0.257 e. The molecule has 6 heteroatoms. The van der Waals surface area contributed by atoms with Gasteiger partial charge in [0.1, 0.15) is 0 Å². The molecule has 2 heterocycles. The minimum atomic E-state index is 0. The normalized spacial score (nSPS) is 15.0. The van der Waals surface area contributed by atoms with Crippen molar-refractivity contribution in [3.05, 3.63) is 47.3 Å². The number of hydrogen-bond donors (Lipinski definition) is 1. The van der Waals surface area contributed by atoms with Crippen LogP contribution in [0, 0.1) is 19.8 Å². The van der Waals surface area contributed by atoms with E-state index < -0.39 is 0 Å². The molecule has 1 aromatic heterocycles. The topological polar surface area (TPSA) is 50.2 Å². The summed E-state index contributed by atoms with van der Waals surface area (Å²) in [6, 6.07) is 8.12. The lowest BCUT2D eigenvalue weighted by Crippen LogP contribution is -2.39. The van der Waals surface area contributed by atoms with Crippen molar-refractivity contribution >= 4 is 18.3 Å². The van der Waals surface area contributed by atoms with Crippen LogP contribution in [0.15, 0.2) is 30.5 Å². The third-order valence-corrected chi connectivity index (χ3v) is 5.29. The van der Waals surface area contributed by atoms with Crippen molar-refractivity contribution in [2.75, 3.05) is 26.7 Å². The Hall–Kier alpha value is -1.85. The molecule has 3 rings (SSSR count). The van der Waals surface area contributed by atoms with Crippen molar-refractivity contribution in [1.29, 1.82) is 0 Å². The van der Waals surface area contributed by atoms with Gasteiger partial charge in [0.2, 0.25) is 0 Å². The number of benzene rings is 1. The molecule has 2 aromatic rings. The summed E-state index contributed by atoms with van der Waals surface area (Å²) in [5, 5.41) is 7.69. The number of carbonyl (C=O) groups is 1. The molecule has 0 unspecified atom stereocenters. The number of carbonyl (C=O) groups excluding carboxylic acids is 1. The van der Waals surface area contributed by atoms with E-state index in [1.54, 1.807) is 6.20 Å². The zero-order valence-electron chi connectivity index (χ0n) is 15.9. The molecule has 0 radical (unpaired) electrons. The Morgan fingerprint density at radius 1 is 1.23 bits per heavy atom. The van der Waals surface area contributed by atoms with Gasteiger partial charge in [-0.3, -0.25) is 4.79 Å². The number of hydrogen-bond acceptors (Lipinski definition) is 3. The molecule has 1 fully saturated rings. The number of nitrogens with one attached hydrogen (secondary N) is 1. The summed E-state index contributed by atoms with van der Waals surface area (Å²) in [6.45, 7) is 6.80. The van der Waals surface area contributed by atoms with Gasteiger partial charge in [-0.25, -0.2) is 4.68 Å². The molecule has 5 nitrogen and oxygen atoms in total. The average molecular weight is 377 g/mol. The lowest BCUT2D eigenvalue weighted by Gasteiger charge is -2.32. The fraction of sp³-hybridized carbons (Fsp3) is 0.500. The summed E-state index contributed by atoms with van der Waals surface area (Å²) in [5.41, 5.74) is 3.82. The molecule has 1 saturated heterocycles. The van der Waals surface area contributed by atoms with Crippen molar-refractivity contribution in [2.45, 2.75) is 33.1 Å². The molecule has 1 aliphatic heterocycles. The molecule has 142 valence electrons. The third-order valence-electron chi connectivity index (χ3n) is 5.29. The minimum absolute atomic E-state index is 0. The highest BCUT2D eigenvalue weighted by atomic mass is 35.5. The van der Waals surface area contributed by atoms with E-state index in [9.17, 15) is 4.79 Å². The van der Waals surface area contributed by atoms with Gasteiger partial charge in [-0.05, 0) is 64.3 Å². The van der Waals surface area contributed by atoms with Gasteiger partial charge >= 0.3 is 0 Å². The van der Waals surface area contributed by atoms with Crippen LogP contribution in [-0.2, 0) is 0 Å². The van der Waals surface area contributed by atoms with Crippen LogP contribution in [0.5, 0.6) is 0 Å². The van der Waals surface area contributed by atoms with E-state index >= 15 is 0 Å². The molecule has 0 spiro atoms. The highest BCUT2D eigenvalue weighted by Gasteiger charge is 2.26. The van der Waals surface area contributed by atoms with E-state index in [-0.39, 0.29) is 18.3 Å². The van der Waals surface area contributed by atoms with Crippen LogP contribution in [0.25, 0.3) is 5.69 Å². The summed E-state index contributed by atoms with van der Waals surface area (Å²) in [6.07, 6.45) is 5.11. The first-order valence-corrected chi connectivity index (χ1v) is 9.16. The summed E-state index contributed by atoms with van der Waals surface area (Å²) in [4.78, 5) is 14.9. The fourth-order valence-corrected chi connectivity index (χ4v) is 3.61. The molecule has 26 heavy (non-hydrogen) atoms. The van der Waals surface area contributed by atoms with E-state index in [2.05, 4.69) is 23.4 Å². The van der Waals surface area contributed by atoms with Crippen LogP contribution in [0.2, 0.25) is 0 Å². The smallest absolute Gasteiger partial charge is 0.257 e. The van der Waals surface area contributed by atoms with E-state index in [1.807, 2.05) is 41.8 Å². The van der Waals surface area contributed by atoms with E-state index in [4.69, 9.17) is 0 Å². The molecule has 0 aliphatic carbocycles. The lowest BCUT2D eigenvalue weighted by atomic mass is 9.93. The Morgan fingerprint density at radius 2 is 1.92 bits per heavy atom. The molecular weight excluding hydrogens is 348 g/mol. The number of halogens is 1. The van der Waals surface area contributed by atoms with Gasteiger partial charge in [0.15, 0.2) is 0 Å². The Bertz CT molecular complexity index is 735. The largest absolute Gasteiger partial charge is 0.339 e. The second-order valence-electron chi connectivity index (χ2n) is 6.97. The molecule has 1 aromatic carbocycles. The molecule has 0 saturated carbocycles. The number of rotatable bonds is 5. The van der Waals surface area contributed by atoms with Gasteiger partial charge in [-0.15, -0.1) is 12.4 Å². The molecular formula is C20H29ClN4O. The SMILES string of the molecule is CNCCC1CCN(C(=O)c2cnn(-c3ccccc3C)c2C)CC1.Cl. The summed E-state index contributed by atoms with van der Waals surface area (Å²) in [5.74, 6) is 0.844. The van der Waals surface area contributed by atoms with Crippen LogP contribution in [-0.4, -0.2) is 47.3 Å². The van der Waals surface area contributed by atoms with Gasteiger partial charge in [-0.1, -0.05) is 18.2 Å². The first kappa shape index (κ1) is 20.5. The van der Waals surface area contributed by atoms with E-state index in [0.717, 1.165) is 60.9 Å². The van der Waals surface area contributed by atoms with Crippen molar-refractivity contribution < 1.29 is 4.79 Å². The summed E-state index contributed by atoms with van der Waals surface area (Å²) < 4.78 is 1.88. The Balaban J connectivity index is 0.00000243. The van der Waals surface area contributed by atoms with E-state index in [1.165, 1.54) is 6.42 Å². The maximum absolute atomic E-state index is 12.9. The third kappa shape index (κ3) is 4.27. The van der Waals surface area contributed by atoms with Crippen LogP contribution in [0.3, 0.4) is 0 Å². The average Bonchev–Trinajstić information content (AvgIpc) is 3.01. The molecule has 1 amide bonds. The standard InChI is InChI=1S/C20H28N4O.ClH/c1-15-6-4-5-7-19(15)24-16(2)18(14-22-24)20(25)23-12-9-17(10-13-23)8-11-21-3;/h4-7,14,17,21H,8-13H2,1-3H3;1H. The molecule has 0 bridgehead atoms. The van der Waals surface area contributed by atoms with Crippen molar-refractivity contribution in [2.24, 2.45) is 5.92 Å². The number of para-hydroxylation sites is 1. The number of piperidine rings is 1. The number of likely N-dealkylation sites (tertiary alicyclic amines) is 1. The zero-order chi connectivity index (χ0) is 17.8. The van der Waals surface area contributed by atoms with E-state index in [0.29, 0.717) is 0 Å². The van der Waals surface area contributed by atoms with Crippen molar-refractivity contribution in [1.82, 2.24) is 20.0 Å². The van der Waals surface area contributed by atoms with Crippen LogP contribution in [0.1, 0.15) is 40.9 Å². The lowest BCUT2D eigenvalue weighted by molar-refractivity contribution is 0.0686. The summed E-state index contributed by atoms with van der Waals surface area (Å²) in [7, 11) is 1.99. The second-order valence-corrected chi connectivity index (χ2v) is 6.97. The number of amides is 1. The van der Waals surface area contributed by atoms with Gasteiger partial charge in [-0.2, -0.15) is 5.10 Å². The summed E-state index contributed by atoms with van der Waals surface area (Å²) >= 11 is 0. The number of aryl methyl sites for hydroxylation is 1. The zero-order valence-corrected chi connectivity index (χ0v) is 16.7. The highest BCUT2D eigenvalue weighted by molar-refractivity contribution is 5.95. The van der Waals surface area contributed by atoms with Crippen molar-refractivity contribution in [3.8, 4) is 5.69 Å². The van der Waals surface area contributed by atoms with Crippen LogP contribution in [0.4, 0.5) is 0 Å². The number of nitrogens with zero attached hydrogens (tertiary/aromatic N) is 3. The molecule has 1 N–H and O–H groups in total. The minimum Gasteiger partial charge on any atom is -0.339 e. The molecule has 0 atom stereocenters.